The van der Waals surface area contributed by atoms with Gasteiger partial charge in [-0.15, -0.1) is 0 Å². The van der Waals surface area contributed by atoms with Crippen molar-refractivity contribution in [2.75, 3.05) is 31.1 Å². The predicted octanol–water partition coefficient (Wildman–Crippen LogP) is 5.38. The molecule has 0 amide bonds. The number of benzene rings is 3. The molecule has 1 atom stereocenters. The van der Waals surface area contributed by atoms with Crippen LogP contribution in [0.2, 0.25) is 5.02 Å². The quantitative estimate of drug-likeness (QED) is 0.338. The van der Waals surface area contributed by atoms with E-state index < -0.39 is 0 Å². The summed E-state index contributed by atoms with van der Waals surface area (Å²) in [7, 11) is 0. The van der Waals surface area contributed by atoms with Crippen LogP contribution in [0.1, 0.15) is 17.2 Å². The molecule has 35 heavy (non-hydrogen) atoms. The molecule has 1 aliphatic rings. The summed E-state index contributed by atoms with van der Waals surface area (Å²) >= 11 is 6.67. The lowest BCUT2D eigenvalue weighted by Gasteiger charge is -2.40. The number of hydrogen-bond donors (Lipinski definition) is 0. The maximum atomic E-state index is 6.67. The first-order chi connectivity index (χ1) is 17.3. The number of fused-ring (bicyclic) bond motifs is 1. The molecule has 1 saturated heterocycles. The smallest absolute Gasteiger partial charge is 0.168 e. The van der Waals surface area contributed by atoms with Gasteiger partial charge in [0.1, 0.15) is 12.1 Å². The van der Waals surface area contributed by atoms with E-state index in [0.29, 0.717) is 0 Å². The molecular formula is C28H25ClN6. The van der Waals surface area contributed by atoms with Gasteiger partial charge in [-0.25, -0.2) is 14.6 Å². The van der Waals surface area contributed by atoms with Gasteiger partial charge in [-0.2, -0.15) is 5.10 Å². The number of aromatic nitrogens is 4. The van der Waals surface area contributed by atoms with Crippen LogP contribution in [-0.4, -0.2) is 50.8 Å². The van der Waals surface area contributed by atoms with Crippen molar-refractivity contribution in [1.82, 2.24) is 24.6 Å². The second-order valence-electron chi connectivity index (χ2n) is 8.68. The van der Waals surface area contributed by atoms with E-state index in [1.165, 1.54) is 5.56 Å². The highest BCUT2D eigenvalue weighted by atomic mass is 35.5. The van der Waals surface area contributed by atoms with Crippen molar-refractivity contribution in [3.05, 3.63) is 114 Å². The molecule has 174 valence electrons. The first-order valence-corrected chi connectivity index (χ1v) is 12.2. The van der Waals surface area contributed by atoms with Crippen molar-refractivity contribution < 1.29 is 0 Å². The molecule has 1 aliphatic heterocycles. The van der Waals surface area contributed by atoms with Crippen molar-refractivity contribution >= 4 is 28.5 Å². The van der Waals surface area contributed by atoms with Crippen molar-refractivity contribution in [2.24, 2.45) is 0 Å². The van der Waals surface area contributed by atoms with E-state index in [1.807, 2.05) is 53.3 Å². The Morgan fingerprint density at radius 3 is 2.17 bits per heavy atom. The van der Waals surface area contributed by atoms with Crippen LogP contribution in [0.5, 0.6) is 0 Å². The summed E-state index contributed by atoms with van der Waals surface area (Å²) in [5, 5.41) is 6.38. The second kappa shape index (κ2) is 9.49. The third-order valence-electron chi connectivity index (χ3n) is 6.64. The summed E-state index contributed by atoms with van der Waals surface area (Å²) in [6.45, 7) is 3.50. The predicted molar refractivity (Wildman–Crippen MR) is 140 cm³/mol. The number of para-hydroxylation sites is 1. The monoisotopic (exact) mass is 480 g/mol. The zero-order valence-electron chi connectivity index (χ0n) is 19.2. The van der Waals surface area contributed by atoms with Gasteiger partial charge in [0.2, 0.25) is 0 Å². The molecule has 7 heteroatoms. The number of halogens is 1. The van der Waals surface area contributed by atoms with E-state index >= 15 is 0 Å². The Bertz CT molecular complexity index is 1430. The van der Waals surface area contributed by atoms with Gasteiger partial charge in [-0.05, 0) is 29.3 Å². The molecule has 6 nitrogen and oxygen atoms in total. The molecule has 3 aromatic carbocycles. The average Bonchev–Trinajstić information content (AvgIpc) is 3.36. The Morgan fingerprint density at radius 1 is 0.743 bits per heavy atom. The molecule has 0 saturated carbocycles. The fourth-order valence-corrected chi connectivity index (χ4v) is 5.19. The van der Waals surface area contributed by atoms with Gasteiger partial charge in [0.25, 0.3) is 0 Å². The number of nitrogens with zero attached hydrogens (tertiary/aromatic N) is 6. The minimum atomic E-state index is 0.110. The fraction of sp³-hybridized carbons (Fsp3) is 0.179. The lowest BCUT2D eigenvalue weighted by Crippen LogP contribution is -2.48. The van der Waals surface area contributed by atoms with Gasteiger partial charge in [0, 0.05) is 31.2 Å². The van der Waals surface area contributed by atoms with Crippen LogP contribution >= 0.6 is 11.6 Å². The third kappa shape index (κ3) is 4.16. The molecule has 3 heterocycles. The van der Waals surface area contributed by atoms with Crippen molar-refractivity contribution in [3.63, 3.8) is 0 Å². The lowest BCUT2D eigenvalue weighted by molar-refractivity contribution is 0.212. The van der Waals surface area contributed by atoms with Crippen LogP contribution in [0.4, 0.5) is 5.82 Å². The summed E-state index contributed by atoms with van der Waals surface area (Å²) in [5.74, 6) is 0.936. The molecule has 0 bridgehead atoms. The first kappa shape index (κ1) is 21.8. The molecular weight excluding hydrogens is 456 g/mol. The van der Waals surface area contributed by atoms with E-state index in [0.717, 1.165) is 59.3 Å². The summed E-state index contributed by atoms with van der Waals surface area (Å²) < 4.78 is 1.87. The molecule has 0 N–H and O–H groups in total. The number of hydrogen-bond acceptors (Lipinski definition) is 5. The van der Waals surface area contributed by atoms with Crippen molar-refractivity contribution in [3.8, 4) is 5.69 Å². The number of anilines is 1. The Labute approximate surface area is 209 Å². The minimum Gasteiger partial charge on any atom is -0.353 e. The van der Waals surface area contributed by atoms with Gasteiger partial charge < -0.3 is 4.90 Å². The van der Waals surface area contributed by atoms with Crippen LogP contribution in [0.3, 0.4) is 0 Å². The molecule has 6 rings (SSSR count). The highest BCUT2D eigenvalue weighted by Gasteiger charge is 2.29. The van der Waals surface area contributed by atoms with E-state index in [9.17, 15) is 0 Å². The Morgan fingerprint density at radius 2 is 1.43 bits per heavy atom. The molecule has 1 fully saturated rings. The zero-order chi connectivity index (χ0) is 23.6. The number of piperazine rings is 1. The summed E-state index contributed by atoms with van der Waals surface area (Å²) in [4.78, 5) is 14.1. The molecule has 5 aromatic rings. The summed E-state index contributed by atoms with van der Waals surface area (Å²) in [6.07, 6.45) is 3.52. The molecule has 0 unspecified atom stereocenters. The third-order valence-corrected chi connectivity index (χ3v) is 6.98. The SMILES string of the molecule is Clc1ccccc1[C@H](c1ccccc1)N1CCN(c2ncnc3c2cnn3-c2ccccc2)CC1. The van der Waals surface area contributed by atoms with Crippen LogP contribution in [0.15, 0.2) is 97.5 Å². The highest BCUT2D eigenvalue weighted by Crippen LogP contribution is 2.35. The normalized spacial score (nSPS) is 15.4. The van der Waals surface area contributed by atoms with Crippen LogP contribution in [0, 0.1) is 0 Å². The molecule has 2 aromatic heterocycles. The summed E-state index contributed by atoms with van der Waals surface area (Å²) in [6, 6.07) is 29.0. The summed E-state index contributed by atoms with van der Waals surface area (Å²) in [5.41, 5.74) is 4.20. The minimum absolute atomic E-state index is 0.110. The van der Waals surface area contributed by atoms with E-state index in [1.54, 1.807) is 6.33 Å². The van der Waals surface area contributed by atoms with E-state index in [-0.39, 0.29) is 6.04 Å². The Hall–Kier alpha value is -3.74. The Balaban J connectivity index is 1.28. The fourth-order valence-electron chi connectivity index (χ4n) is 4.95. The first-order valence-electron chi connectivity index (χ1n) is 11.8. The van der Waals surface area contributed by atoms with Crippen LogP contribution < -0.4 is 4.90 Å². The molecule has 0 spiro atoms. The average molecular weight is 481 g/mol. The number of rotatable bonds is 5. The molecule has 0 aliphatic carbocycles. The van der Waals surface area contributed by atoms with Crippen LogP contribution in [0.25, 0.3) is 16.7 Å². The van der Waals surface area contributed by atoms with Gasteiger partial charge in [-0.3, -0.25) is 4.90 Å². The van der Waals surface area contributed by atoms with Gasteiger partial charge in [0.15, 0.2) is 5.65 Å². The van der Waals surface area contributed by atoms with Gasteiger partial charge >= 0.3 is 0 Å². The van der Waals surface area contributed by atoms with Crippen molar-refractivity contribution in [2.45, 2.75) is 6.04 Å². The van der Waals surface area contributed by atoms with Crippen molar-refractivity contribution in [1.29, 1.82) is 0 Å². The largest absolute Gasteiger partial charge is 0.353 e. The lowest BCUT2D eigenvalue weighted by atomic mass is 9.96. The maximum absolute atomic E-state index is 6.67. The molecule has 0 radical (unpaired) electrons. The Kier molecular flexibility index (Phi) is 5.90. The van der Waals surface area contributed by atoms with Crippen LogP contribution in [-0.2, 0) is 0 Å². The second-order valence-corrected chi connectivity index (χ2v) is 9.09. The van der Waals surface area contributed by atoms with Gasteiger partial charge in [0.05, 0.1) is 23.3 Å². The van der Waals surface area contributed by atoms with Gasteiger partial charge in [-0.1, -0.05) is 78.3 Å². The van der Waals surface area contributed by atoms with E-state index in [2.05, 4.69) is 67.3 Å². The van der Waals surface area contributed by atoms with E-state index in [4.69, 9.17) is 11.6 Å². The maximum Gasteiger partial charge on any atom is 0.168 e. The topological polar surface area (TPSA) is 50.1 Å². The zero-order valence-corrected chi connectivity index (χ0v) is 20.0. The standard InChI is InChI=1S/C28H25ClN6/c29-25-14-8-7-13-23(25)26(21-9-3-1-4-10-21)33-15-17-34(18-16-33)27-24-19-32-35(28(24)31-20-30-27)22-11-5-2-6-12-22/h1-14,19-20,26H,15-18H2/t26-/m0/s1. The highest BCUT2D eigenvalue weighted by molar-refractivity contribution is 6.31.